The molecule has 1 saturated heterocycles. The molecule has 1 aliphatic heterocycles. The molecule has 0 bridgehead atoms. The van der Waals surface area contributed by atoms with Gasteiger partial charge in [-0.2, -0.15) is 5.10 Å². The lowest BCUT2D eigenvalue weighted by Gasteiger charge is -2.35. The van der Waals surface area contributed by atoms with Crippen molar-refractivity contribution in [1.29, 1.82) is 0 Å². The minimum Gasteiger partial charge on any atom is -0.492 e. The Kier molecular flexibility index (Phi) is 11.4. The molecule has 1 fully saturated rings. The van der Waals surface area contributed by atoms with Gasteiger partial charge in [-0.05, 0) is 44.9 Å². The zero-order valence-corrected chi connectivity index (χ0v) is 22.3. The van der Waals surface area contributed by atoms with Crippen LogP contribution in [-0.2, 0) is 9.59 Å². The third kappa shape index (κ3) is 8.47. The number of piperazine rings is 1. The van der Waals surface area contributed by atoms with Crippen LogP contribution in [0, 0.1) is 0 Å². The minimum absolute atomic E-state index is 0.0302. The zero-order valence-electron chi connectivity index (χ0n) is 22.3. The van der Waals surface area contributed by atoms with Crippen LogP contribution in [-0.4, -0.2) is 77.1 Å². The first-order valence-corrected chi connectivity index (χ1v) is 13.3. The predicted molar refractivity (Wildman–Crippen MR) is 144 cm³/mol. The Morgan fingerprint density at radius 1 is 1.11 bits per heavy atom. The fourth-order valence-electron chi connectivity index (χ4n) is 4.47. The van der Waals surface area contributed by atoms with Crippen LogP contribution in [0.3, 0.4) is 0 Å². The van der Waals surface area contributed by atoms with Gasteiger partial charge in [-0.1, -0.05) is 26.2 Å². The van der Waals surface area contributed by atoms with E-state index in [1.54, 1.807) is 13.1 Å². The van der Waals surface area contributed by atoms with E-state index >= 15 is 0 Å². The maximum atomic E-state index is 12.5. The van der Waals surface area contributed by atoms with E-state index in [1.165, 1.54) is 12.3 Å². The van der Waals surface area contributed by atoms with Gasteiger partial charge in [0.25, 0.3) is 11.5 Å². The van der Waals surface area contributed by atoms with Gasteiger partial charge in [-0.25, -0.2) is 9.67 Å². The summed E-state index contributed by atoms with van der Waals surface area (Å²) in [5.74, 6) is 0.777. The van der Waals surface area contributed by atoms with Gasteiger partial charge in [0, 0.05) is 44.0 Å². The molecule has 0 aromatic carbocycles. The largest absolute Gasteiger partial charge is 0.492 e. The Bertz CT molecular complexity index is 1110. The van der Waals surface area contributed by atoms with E-state index in [1.807, 2.05) is 19.1 Å². The second-order valence-corrected chi connectivity index (χ2v) is 9.46. The molecule has 3 heterocycles. The molecule has 1 unspecified atom stereocenters. The van der Waals surface area contributed by atoms with Crippen molar-refractivity contribution in [3.63, 3.8) is 0 Å². The van der Waals surface area contributed by atoms with Crippen molar-refractivity contribution in [3.05, 3.63) is 46.5 Å². The summed E-state index contributed by atoms with van der Waals surface area (Å²) in [6.07, 6.45) is 8.57. The van der Waals surface area contributed by atoms with E-state index in [0.29, 0.717) is 37.2 Å². The maximum absolute atomic E-state index is 12.5. The number of aromatic nitrogens is 3. The second-order valence-electron chi connectivity index (χ2n) is 9.46. The van der Waals surface area contributed by atoms with Gasteiger partial charge in [0.05, 0.1) is 12.8 Å². The minimum atomic E-state index is -0.828. The Morgan fingerprint density at radius 3 is 2.50 bits per heavy atom. The summed E-state index contributed by atoms with van der Waals surface area (Å²) in [6, 6.07) is 4.26. The number of ketones is 1. The Balaban J connectivity index is 1.30. The monoisotopic (exact) mass is 526 g/mol. The highest BCUT2D eigenvalue weighted by Crippen LogP contribution is 2.16. The normalized spacial score (nSPS) is 14.6. The topological polar surface area (TPSA) is 127 Å². The molecule has 0 radical (unpaired) electrons. The number of carbonyl (C=O) groups excluding carboxylic acids is 3. The number of unbranched alkanes of at least 4 members (excludes halogenated alkanes) is 3. The number of rotatable bonds is 15. The van der Waals surface area contributed by atoms with Gasteiger partial charge in [0.2, 0.25) is 6.41 Å². The van der Waals surface area contributed by atoms with Crippen molar-refractivity contribution in [3.8, 4) is 5.75 Å². The SMILES string of the molecule is CCCC(C(=O)NC=O)n1ncc(OCCCCCCN2CCN(c3ccc(C(C)=O)cn3)CC2)cc1=O. The summed E-state index contributed by atoms with van der Waals surface area (Å²) >= 11 is 0. The van der Waals surface area contributed by atoms with Crippen LogP contribution >= 0.6 is 0 Å². The standard InChI is InChI=1S/C27H38N6O5/c1-3-8-24(27(37)29-20-34)33-26(36)17-23(19-30-33)38-16-7-5-4-6-11-31-12-14-32(15-13-31)25-10-9-22(18-28-25)21(2)35/h9-10,17-20,24H,3-8,11-16H2,1-2H3,(H,29,34,37). The number of Topliss-reactive ketones (excluding diaryl/α,β-unsaturated/α-hetero) is 1. The van der Waals surface area contributed by atoms with E-state index in [2.05, 4.69) is 25.2 Å². The third-order valence-corrected chi connectivity index (χ3v) is 6.65. The fraction of sp³-hybridized carbons (Fsp3) is 0.556. The molecule has 2 aromatic rings. The van der Waals surface area contributed by atoms with Crippen molar-refractivity contribution >= 4 is 23.9 Å². The molecule has 1 aliphatic rings. The smallest absolute Gasteiger partial charge is 0.271 e. The molecule has 11 heteroatoms. The molecule has 206 valence electrons. The van der Waals surface area contributed by atoms with Gasteiger partial charge >= 0.3 is 0 Å². The average Bonchev–Trinajstić information content (AvgIpc) is 2.92. The van der Waals surface area contributed by atoms with Crippen molar-refractivity contribution in [2.75, 3.05) is 44.2 Å². The summed E-state index contributed by atoms with van der Waals surface area (Å²) in [7, 11) is 0. The van der Waals surface area contributed by atoms with Gasteiger partial charge in [0.1, 0.15) is 17.6 Å². The van der Waals surface area contributed by atoms with Gasteiger partial charge in [0.15, 0.2) is 5.78 Å². The van der Waals surface area contributed by atoms with Crippen molar-refractivity contribution in [1.82, 2.24) is 25.0 Å². The fourth-order valence-corrected chi connectivity index (χ4v) is 4.47. The van der Waals surface area contributed by atoms with Crippen LogP contribution in [0.25, 0.3) is 0 Å². The first-order valence-electron chi connectivity index (χ1n) is 13.3. The number of ether oxygens (including phenoxy) is 1. The van der Waals surface area contributed by atoms with Gasteiger partial charge in [-0.3, -0.25) is 29.4 Å². The Hall–Kier alpha value is -3.60. The van der Waals surface area contributed by atoms with Crippen LogP contribution in [0.4, 0.5) is 5.82 Å². The molecular formula is C27H38N6O5. The van der Waals surface area contributed by atoms with Crippen LogP contribution in [0.2, 0.25) is 0 Å². The van der Waals surface area contributed by atoms with E-state index in [-0.39, 0.29) is 5.78 Å². The highest BCUT2D eigenvalue weighted by Gasteiger charge is 2.22. The quantitative estimate of drug-likeness (QED) is 0.211. The average molecular weight is 527 g/mol. The highest BCUT2D eigenvalue weighted by molar-refractivity contribution is 5.93. The Morgan fingerprint density at radius 2 is 1.87 bits per heavy atom. The molecule has 2 amide bonds. The van der Waals surface area contributed by atoms with Crippen LogP contribution in [0.1, 0.15) is 68.8 Å². The van der Waals surface area contributed by atoms with E-state index in [0.717, 1.165) is 68.9 Å². The number of hydrogen-bond donors (Lipinski definition) is 1. The van der Waals surface area contributed by atoms with E-state index in [9.17, 15) is 19.2 Å². The molecule has 0 aliphatic carbocycles. The molecule has 0 spiro atoms. The second kappa shape index (κ2) is 15.0. The van der Waals surface area contributed by atoms with Crippen molar-refractivity contribution < 1.29 is 19.1 Å². The molecule has 3 rings (SSSR count). The summed E-state index contributed by atoms with van der Waals surface area (Å²) in [4.78, 5) is 55.7. The molecule has 2 aromatic heterocycles. The molecule has 1 N–H and O–H groups in total. The maximum Gasteiger partial charge on any atom is 0.271 e. The molecular weight excluding hydrogens is 488 g/mol. The van der Waals surface area contributed by atoms with Crippen LogP contribution < -0.4 is 20.5 Å². The highest BCUT2D eigenvalue weighted by atomic mass is 16.5. The van der Waals surface area contributed by atoms with Crippen molar-refractivity contribution in [2.45, 2.75) is 58.4 Å². The summed E-state index contributed by atoms with van der Waals surface area (Å²) in [5, 5.41) is 6.19. The number of amides is 2. The first-order chi connectivity index (χ1) is 18.4. The number of anilines is 1. The number of nitrogens with one attached hydrogen (secondary N) is 1. The lowest BCUT2D eigenvalue weighted by molar-refractivity contribution is -0.128. The lowest BCUT2D eigenvalue weighted by atomic mass is 10.1. The lowest BCUT2D eigenvalue weighted by Crippen LogP contribution is -2.46. The molecule has 1 atom stereocenters. The number of carbonyl (C=O) groups is 3. The number of pyridine rings is 1. The van der Waals surface area contributed by atoms with Crippen LogP contribution in [0.15, 0.2) is 35.4 Å². The number of hydrogen-bond acceptors (Lipinski definition) is 9. The predicted octanol–water partition coefficient (Wildman–Crippen LogP) is 2.22. The van der Waals surface area contributed by atoms with Crippen LogP contribution in [0.5, 0.6) is 5.75 Å². The summed E-state index contributed by atoms with van der Waals surface area (Å²) in [6.45, 7) is 8.82. The summed E-state index contributed by atoms with van der Waals surface area (Å²) in [5.41, 5.74) is 0.200. The first kappa shape index (κ1) is 29.0. The molecule has 11 nitrogen and oxygen atoms in total. The van der Waals surface area contributed by atoms with Gasteiger partial charge < -0.3 is 9.64 Å². The van der Waals surface area contributed by atoms with Gasteiger partial charge in [-0.15, -0.1) is 0 Å². The molecule has 38 heavy (non-hydrogen) atoms. The zero-order chi connectivity index (χ0) is 27.3. The number of imide groups is 1. The van der Waals surface area contributed by atoms with E-state index in [4.69, 9.17) is 4.74 Å². The Labute approximate surface area is 223 Å². The van der Waals surface area contributed by atoms with Crippen molar-refractivity contribution in [2.24, 2.45) is 0 Å². The van der Waals surface area contributed by atoms with E-state index < -0.39 is 17.5 Å². The molecule has 0 saturated carbocycles. The third-order valence-electron chi connectivity index (χ3n) is 6.65. The number of nitrogens with zero attached hydrogens (tertiary/aromatic N) is 5. The summed E-state index contributed by atoms with van der Waals surface area (Å²) < 4.78 is 6.78.